The minimum absolute atomic E-state index is 0.787. The van der Waals surface area contributed by atoms with Crippen LogP contribution in [0.15, 0.2) is 12.3 Å². The van der Waals surface area contributed by atoms with Gasteiger partial charge in [-0.05, 0) is 25.0 Å². The summed E-state index contributed by atoms with van der Waals surface area (Å²) < 4.78 is 1.96. The number of nitrogen functional groups attached to an aromatic ring is 1. The van der Waals surface area contributed by atoms with Crippen molar-refractivity contribution in [3.63, 3.8) is 0 Å². The third kappa shape index (κ3) is 1.32. The van der Waals surface area contributed by atoms with Crippen molar-refractivity contribution < 1.29 is 0 Å². The van der Waals surface area contributed by atoms with Crippen LogP contribution >= 0.6 is 0 Å². The average molecular weight is 190 g/mol. The van der Waals surface area contributed by atoms with Crippen molar-refractivity contribution in [1.82, 2.24) is 14.6 Å². The molecule has 74 valence electrons. The topological polar surface area (TPSA) is 56.2 Å². The molecule has 0 aliphatic rings. The van der Waals surface area contributed by atoms with Gasteiger partial charge in [-0.1, -0.05) is 6.92 Å². The van der Waals surface area contributed by atoms with Crippen LogP contribution in [0.5, 0.6) is 0 Å². The number of fused-ring (bicyclic) bond motifs is 1. The number of anilines is 1. The summed E-state index contributed by atoms with van der Waals surface area (Å²) in [5.41, 5.74) is 8.54. The van der Waals surface area contributed by atoms with E-state index in [4.69, 9.17) is 5.73 Å². The summed E-state index contributed by atoms with van der Waals surface area (Å²) >= 11 is 0. The molecule has 0 radical (unpaired) electrons. The molecule has 0 bridgehead atoms. The van der Waals surface area contributed by atoms with Crippen LogP contribution in [-0.4, -0.2) is 14.6 Å². The molecule has 4 nitrogen and oxygen atoms in total. The van der Waals surface area contributed by atoms with E-state index in [0.29, 0.717) is 0 Å². The van der Waals surface area contributed by atoms with Crippen molar-refractivity contribution in [1.29, 1.82) is 0 Å². The van der Waals surface area contributed by atoms with E-state index in [1.54, 1.807) is 0 Å². The van der Waals surface area contributed by atoms with Crippen LogP contribution in [-0.2, 0) is 6.42 Å². The number of rotatable bonds is 2. The van der Waals surface area contributed by atoms with Crippen molar-refractivity contribution in [2.75, 3.05) is 5.73 Å². The predicted octanol–water partition coefficient (Wildman–Crippen LogP) is 1.57. The van der Waals surface area contributed by atoms with Gasteiger partial charge in [-0.25, -0.2) is 0 Å². The Morgan fingerprint density at radius 1 is 1.43 bits per heavy atom. The maximum absolute atomic E-state index is 5.83. The minimum atomic E-state index is 0.787. The Kier molecular flexibility index (Phi) is 2.11. The number of pyridine rings is 1. The van der Waals surface area contributed by atoms with Crippen molar-refractivity contribution in [3.8, 4) is 0 Å². The zero-order valence-electron chi connectivity index (χ0n) is 8.49. The summed E-state index contributed by atoms with van der Waals surface area (Å²) in [6.45, 7) is 4.10. The van der Waals surface area contributed by atoms with Crippen LogP contribution in [0.4, 0.5) is 5.69 Å². The molecular formula is C10H14N4. The zero-order chi connectivity index (χ0) is 10.1. The van der Waals surface area contributed by atoms with Gasteiger partial charge in [-0.3, -0.25) is 4.40 Å². The molecule has 0 saturated carbocycles. The molecule has 0 amide bonds. The Morgan fingerprint density at radius 2 is 2.21 bits per heavy atom. The smallest absolute Gasteiger partial charge is 0.161 e. The van der Waals surface area contributed by atoms with Crippen LogP contribution in [0.3, 0.4) is 0 Å². The highest BCUT2D eigenvalue weighted by Gasteiger charge is 2.05. The van der Waals surface area contributed by atoms with Gasteiger partial charge in [0.15, 0.2) is 5.65 Å². The zero-order valence-corrected chi connectivity index (χ0v) is 8.49. The molecule has 0 fully saturated rings. The first-order chi connectivity index (χ1) is 6.72. The number of aromatic nitrogens is 3. The Hall–Kier alpha value is -1.58. The van der Waals surface area contributed by atoms with E-state index < -0.39 is 0 Å². The Morgan fingerprint density at radius 3 is 2.93 bits per heavy atom. The van der Waals surface area contributed by atoms with Crippen LogP contribution in [0.1, 0.15) is 24.7 Å². The molecule has 0 unspecified atom stereocenters. The third-order valence-corrected chi connectivity index (χ3v) is 2.34. The van der Waals surface area contributed by atoms with Crippen LogP contribution < -0.4 is 5.73 Å². The lowest BCUT2D eigenvalue weighted by Gasteiger charge is -2.02. The van der Waals surface area contributed by atoms with Crippen LogP contribution in [0.2, 0.25) is 0 Å². The Labute approximate surface area is 82.8 Å². The summed E-state index contributed by atoms with van der Waals surface area (Å²) in [6, 6.07) is 1.96. The molecule has 2 aromatic heterocycles. The minimum Gasteiger partial charge on any atom is -0.397 e. The van der Waals surface area contributed by atoms with E-state index in [1.165, 1.54) is 0 Å². The highest BCUT2D eigenvalue weighted by atomic mass is 15.2. The predicted molar refractivity (Wildman–Crippen MR) is 56.1 cm³/mol. The first kappa shape index (κ1) is 8.99. The second-order valence-corrected chi connectivity index (χ2v) is 3.51. The third-order valence-electron chi connectivity index (χ3n) is 2.34. The van der Waals surface area contributed by atoms with Gasteiger partial charge in [-0.15, -0.1) is 10.2 Å². The van der Waals surface area contributed by atoms with Crippen LogP contribution in [0.25, 0.3) is 5.65 Å². The SMILES string of the molecule is CCCc1nnc2cc(C)c(N)cn12. The highest BCUT2D eigenvalue weighted by Crippen LogP contribution is 2.14. The van der Waals surface area contributed by atoms with Gasteiger partial charge in [0, 0.05) is 12.6 Å². The van der Waals surface area contributed by atoms with Crippen molar-refractivity contribution >= 4 is 11.3 Å². The van der Waals surface area contributed by atoms with Crippen molar-refractivity contribution in [2.24, 2.45) is 0 Å². The van der Waals surface area contributed by atoms with Crippen molar-refractivity contribution in [3.05, 3.63) is 23.7 Å². The van der Waals surface area contributed by atoms with Gasteiger partial charge in [0.05, 0.1) is 5.69 Å². The van der Waals surface area contributed by atoms with Gasteiger partial charge in [0.1, 0.15) is 5.82 Å². The highest BCUT2D eigenvalue weighted by molar-refractivity contribution is 5.53. The van der Waals surface area contributed by atoms with Gasteiger partial charge in [-0.2, -0.15) is 0 Å². The van der Waals surface area contributed by atoms with E-state index in [2.05, 4.69) is 17.1 Å². The number of aryl methyl sites for hydroxylation is 2. The summed E-state index contributed by atoms with van der Waals surface area (Å²) in [5, 5.41) is 8.22. The molecule has 4 heteroatoms. The molecule has 0 spiro atoms. The molecule has 0 aromatic carbocycles. The molecule has 2 heterocycles. The number of nitrogens with zero attached hydrogens (tertiary/aromatic N) is 3. The van der Waals surface area contributed by atoms with E-state index in [-0.39, 0.29) is 0 Å². The summed E-state index contributed by atoms with van der Waals surface area (Å²) in [5.74, 6) is 0.981. The number of nitrogens with two attached hydrogens (primary N) is 1. The lowest BCUT2D eigenvalue weighted by molar-refractivity contribution is 0.818. The molecule has 0 saturated heterocycles. The van der Waals surface area contributed by atoms with Crippen molar-refractivity contribution in [2.45, 2.75) is 26.7 Å². The normalized spacial score (nSPS) is 11.0. The average Bonchev–Trinajstić information content (AvgIpc) is 2.51. The standard InChI is InChI=1S/C10H14N4/c1-3-4-9-12-13-10-5-7(2)8(11)6-14(9)10/h5-6H,3-4,11H2,1-2H3. The Balaban J connectivity index is 2.61. The van der Waals surface area contributed by atoms with Gasteiger partial charge < -0.3 is 5.73 Å². The first-order valence-electron chi connectivity index (χ1n) is 4.82. The summed E-state index contributed by atoms with van der Waals surface area (Å²) in [6.07, 6.45) is 3.90. The molecule has 2 aromatic rings. The molecule has 0 atom stereocenters. The second-order valence-electron chi connectivity index (χ2n) is 3.51. The van der Waals surface area contributed by atoms with E-state index in [0.717, 1.165) is 35.6 Å². The van der Waals surface area contributed by atoms with E-state index in [9.17, 15) is 0 Å². The quantitative estimate of drug-likeness (QED) is 0.782. The van der Waals surface area contributed by atoms with Gasteiger partial charge in [0.2, 0.25) is 0 Å². The molecule has 0 aliphatic carbocycles. The monoisotopic (exact) mass is 190 g/mol. The fourth-order valence-corrected chi connectivity index (χ4v) is 1.49. The maximum atomic E-state index is 5.83. The second kappa shape index (κ2) is 3.29. The summed E-state index contributed by atoms with van der Waals surface area (Å²) in [4.78, 5) is 0. The number of hydrogen-bond donors (Lipinski definition) is 1. The van der Waals surface area contributed by atoms with E-state index in [1.807, 2.05) is 23.6 Å². The lowest BCUT2D eigenvalue weighted by Crippen LogP contribution is -1.98. The Bertz CT molecular complexity index is 458. The molecular weight excluding hydrogens is 176 g/mol. The first-order valence-corrected chi connectivity index (χ1v) is 4.82. The van der Waals surface area contributed by atoms with Crippen LogP contribution in [0, 0.1) is 6.92 Å². The van der Waals surface area contributed by atoms with Gasteiger partial charge in [0.25, 0.3) is 0 Å². The molecule has 0 aliphatic heterocycles. The van der Waals surface area contributed by atoms with E-state index >= 15 is 0 Å². The molecule has 2 rings (SSSR count). The fraction of sp³-hybridized carbons (Fsp3) is 0.400. The maximum Gasteiger partial charge on any atom is 0.161 e. The molecule has 14 heavy (non-hydrogen) atoms. The lowest BCUT2D eigenvalue weighted by atomic mass is 10.2. The number of hydrogen-bond acceptors (Lipinski definition) is 3. The largest absolute Gasteiger partial charge is 0.397 e. The molecule has 2 N–H and O–H groups in total. The summed E-state index contributed by atoms with van der Waals surface area (Å²) in [7, 11) is 0. The fourth-order valence-electron chi connectivity index (χ4n) is 1.49. The van der Waals surface area contributed by atoms with Gasteiger partial charge >= 0.3 is 0 Å².